The van der Waals surface area contributed by atoms with Crippen molar-refractivity contribution >= 4 is 24.0 Å². The number of halogens is 1. The van der Waals surface area contributed by atoms with E-state index in [0.717, 1.165) is 24.3 Å². The summed E-state index contributed by atoms with van der Waals surface area (Å²) >= 11 is 0. The van der Waals surface area contributed by atoms with Gasteiger partial charge in [-0.05, 0) is 42.0 Å². The van der Waals surface area contributed by atoms with Gasteiger partial charge in [-0.2, -0.15) is 10.4 Å². The Morgan fingerprint density at radius 2 is 1.97 bits per heavy atom. The lowest BCUT2D eigenvalue weighted by atomic mass is 10.1. The Morgan fingerprint density at radius 3 is 2.62 bits per heavy atom. The number of rotatable bonds is 4. The molecule has 2 N–H and O–H groups in total. The molecule has 4 rings (SSSR count). The predicted molar refractivity (Wildman–Crippen MR) is 111 cm³/mol. The minimum atomic E-state index is -0.233. The quantitative estimate of drug-likeness (QED) is 0.690. The number of nitrogens with zero attached hydrogens (tertiary/aromatic N) is 3. The highest BCUT2D eigenvalue weighted by atomic mass is 35.5. The van der Waals surface area contributed by atoms with Gasteiger partial charge in [0.15, 0.2) is 0 Å². The van der Waals surface area contributed by atoms with Gasteiger partial charge in [-0.15, -0.1) is 12.4 Å². The van der Waals surface area contributed by atoms with Crippen LogP contribution in [-0.4, -0.2) is 35.4 Å². The van der Waals surface area contributed by atoms with E-state index in [-0.39, 0.29) is 24.4 Å². The van der Waals surface area contributed by atoms with Gasteiger partial charge in [-0.25, -0.2) is 4.68 Å². The maximum Gasteiger partial charge on any atom is 0.258 e. The minimum Gasteiger partial charge on any atom is -0.371 e. The molecule has 1 amide bonds. The second-order valence-electron chi connectivity index (χ2n) is 6.47. The highest BCUT2D eigenvalue weighted by molar-refractivity contribution is 6.04. The lowest BCUT2D eigenvalue weighted by Gasteiger charge is -2.24. The van der Waals surface area contributed by atoms with Crippen molar-refractivity contribution in [3.8, 4) is 11.8 Å². The number of morpholine rings is 1. The molecule has 0 aliphatic carbocycles. The molecule has 1 fully saturated rings. The molecule has 0 spiro atoms. The molecule has 2 heterocycles. The van der Waals surface area contributed by atoms with Crippen LogP contribution >= 0.6 is 12.4 Å². The normalized spacial score (nSPS) is 15.8. The molecular weight excluding hydrogens is 390 g/mol. The lowest BCUT2D eigenvalue weighted by molar-refractivity contribution is 0.0277. The molecule has 148 valence electrons. The van der Waals surface area contributed by atoms with Crippen LogP contribution in [0.25, 0.3) is 5.69 Å². The second kappa shape index (κ2) is 9.34. The lowest BCUT2D eigenvalue weighted by Crippen LogP contribution is -2.33. The Balaban J connectivity index is 0.00000240. The van der Waals surface area contributed by atoms with Crippen LogP contribution < -0.4 is 10.6 Å². The van der Waals surface area contributed by atoms with Crippen LogP contribution in [0.2, 0.25) is 0 Å². The van der Waals surface area contributed by atoms with Crippen LogP contribution in [0.15, 0.2) is 60.9 Å². The summed E-state index contributed by atoms with van der Waals surface area (Å²) in [5.74, 6) is -0.233. The van der Waals surface area contributed by atoms with Gasteiger partial charge in [0, 0.05) is 25.0 Å². The van der Waals surface area contributed by atoms with E-state index < -0.39 is 0 Å². The predicted octanol–water partition coefficient (Wildman–Crippen LogP) is 3.08. The standard InChI is InChI=1S/C21H19N5O2.ClH/c22-11-15-1-7-19(8-2-15)26-14-17(12-24-26)21(27)25-18-5-3-16(4-6-18)20-13-23-9-10-28-20;/h1-8,12,14,20,23H,9-10,13H2,(H,25,27);1H. The van der Waals surface area contributed by atoms with Crippen molar-refractivity contribution in [3.63, 3.8) is 0 Å². The van der Waals surface area contributed by atoms with Gasteiger partial charge in [0.1, 0.15) is 0 Å². The van der Waals surface area contributed by atoms with Crippen LogP contribution in [0.1, 0.15) is 27.6 Å². The molecule has 1 aromatic heterocycles. The Hall–Kier alpha value is -3.18. The van der Waals surface area contributed by atoms with Crippen LogP contribution in [-0.2, 0) is 4.74 Å². The molecule has 1 saturated heterocycles. The van der Waals surface area contributed by atoms with Crippen LogP contribution in [0.5, 0.6) is 0 Å². The van der Waals surface area contributed by atoms with Gasteiger partial charge in [-0.1, -0.05) is 12.1 Å². The number of hydrogen-bond donors (Lipinski definition) is 2. The van der Waals surface area contributed by atoms with E-state index in [1.165, 1.54) is 6.20 Å². The van der Waals surface area contributed by atoms with E-state index in [4.69, 9.17) is 10.00 Å². The maximum absolute atomic E-state index is 12.5. The zero-order valence-corrected chi connectivity index (χ0v) is 16.4. The smallest absolute Gasteiger partial charge is 0.258 e. The number of carbonyl (C=O) groups is 1. The maximum atomic E-state index is 12.5. The highest BCUT2D eigenvalue weighted by Gasteiger charge is 2.16. The molecule has 0 radical (unpaired) electrons. The fourth-order valence-corrected chi connectivity index (χ4v) is 3.03. The molecular formula is C21H20ClN5O2. The van der Waals surface area contributed by atoms with Gasteiger partial charge < -0.3 is 15.4 Å². The van der Waals surface area contributed by atoms with Crippen LogP contribution in [0.4, 0.5) is 5.69 Å². The van der Waals surface area contributed by atoms with Crippen LogP contribution in [0.3, 0.4) is 0 Å². The first-order chi connectivity index (χ1) is 13.7. The molecule has 3 aromatic rings. The third-order valence-electron chi connectivity index (χ3n) is 4.57. The monoisotopic (exact) mass is 409 g/mol. The molecule has 8 heteroatoms. The van der Waals surface area contributed by atoms with Crippen molar-refractivity contribution in [2.75, 3.05) is 25.0 Å². The van der Waals surface area contributed by atoms with Gasteiger partial charge in [-0.3, -0.25) is 4.79 Å². The average Bonchev–Trinajstić information content (AvgIpc) is 3.25. The van der Waals surface area contributed by atoms with Gasteiger partial charge in [0.2, 0.25) is 0 Å². The Labute approximate surface area is 174 Å². The number of anilines is 1. The molecule has 0 bridgehead atoms. The Morgan fingerprint density at radius 1 is 1.21 bits per heavy atom. The summed E-state index contributed by atoms with van der Waals surface area (Å²) in [4.78, 5) is 12.5. The van der Waals surface area contributed by atoms with E-state index in [9.17, 15) is 4.79 Å². The number of amides is 1. The average molecular weight is 410 g/mol. The summed E-state index contributed by atoms with van der Waals surface area (Å²) in [6.07, 6.45) is 3.22. The first-order valence-electron chi connectivity index (χ1n) is 9.02. The van der Waals surface area contributed by atoms with Crippen molar-refractivity contribution in [2.45, 2.75) is 6.10 Å². The highest BCUT2D eigenvalue weighted by Crippen LogP contribution is 2.21. The van der Waals surface area contributed by atoms with Crippen molar-refractivity contribution in [3.05, 3.63) is 77.6 Å². The van der Waals surface area contributed by atoms with E-state index in [2.05, 4.69) is 21.8 Å². The molecule has 29 heavy (non-hydrogen) atoms. The van der Waals surface area contributed by atoms with E-state index in [1.807, 2.05) is 24.3 Å². The Kier molecular flexibility index (Phi) is 6.62. The van der Waals surface area contributed by atoms with Gasteiger partial charge in [0.05, 0.1) is 41.8 Å². The minimum absolute atomic E-state index is 0. The number of aromatic nitrogens is 2. The molecule has 1 unspecified atom stereocenters. The van der Waals surface area contributed by atoms with Crippen molar-refractivity contribution in [1.29, 1.82) is 5.26 Å². The number of nitrogens with one attached hydrogen (secondary N) is 2. The number of ether oxygens (including phenoxy) is 1. The summed E-state index contributed by atoms with van der Waals surface area (Å²) in [5.41, 5.74) is 3.60. The molecule has 1 aliphatic rings. The van der Waals surface area contributed by atoms with Crippen molar-refractivity contribution in [2.24, 2.45) is 0 Å². The van der Waals surface area contributed by atoms with Crippen molar-refractivity contribution in [1.82, 2.24) is 15.1 Å². The molecule has 0 saturated carbocycles. The summed E-state index contributed by atoms with van der Waals surface area (Å²) in [6.45, 7) is 2.37. The SMILES string of the molecule is Cl.N#Cc1ccc(-n2cc(C(=O)Nc3ccc(C4CNCCO4)cc3)cn2)cc1. The van der Waals surface area contributed by atoms with Gasteiger partial charge in [0.25, 0.3) is 5.91 Å². The number of hydrogen-bond acceptors (Lipinski definition) is 5. The number of carbonyl (C=O) groups excluding carboxylic acids is 1. The zero-order valence-electron chi connectivity index (χ0n) is 15.5. The number of nitriles is 1. The van der Waals surface area contributed by atoms with E-state index >= 15 is 0 Å². The first-order valence-corrected chi connectivity index (χ1v) is 9.02. The first kappa shape index (κ1) is 20.6. The van der Waals surface area contributed by atoms with E-state index in [1.54, 1.807) is 35.1 Å². The van der Waals surface area contributed by atoms with E-state index in [0.29, 0.717) is 23.4 Å². The Bertz CT molecular complexity index is 1000. The number of benzene rings is 2. The third kappa shape index (κ3) is 4.81. The van der Waals surface area contributed by atoms with Crippen LogP contribution in [0, 0.1) is 11.3 Å². The topological polar surface area (TPSA) is 92.0 Å². The largest absolute Gasteiger partial charge is 0.371 e. The summed E-state index contributed by atoms with van der Waals surface area (Å²) in [7, 11) is 0. The van der Waals surface area contributed by atoms with Crippen molar-refractivity contribution < 1.29 is 9.53 Å². The summed E-state index contributed by atoms with van der Waals surface area (Å²) in [6, 6.07) is 16.7. The van der Waals surface area contributed by atoms with Gasteiger partial charge >= 0.3 is 0 Å². The fraction of sp³-hybridized carbons (Fsp3) is 0.190. The molecule has 1 aliphatic heterocycles. The third-order valence-corrected chi connectivity index (χ3v) is 4.57. The molecule has 7 nitrogen and oxygen atoms in total. The summed E-state index contributed by atoms with van der Waals surface area (Å²) in [5, 5.41) is 19.3. The molecule has 1 atom stereocenters. The molecule has 2 aromatic carbocycles. The second-order valence-corrected chi connectivity index (χ2v) is 6.47. The summed E-state index contributed by atoms with van der Waals surface area (Å²) < 4.78 is 7.34. The fourth-order valence-electron chi connectivity index (χ4n) is 3.03. The zero-order chi connectivity index (χ0) is 19.3.